The molecule has 1 unspecified atom stereocenters. The van der Waals surface area contributed by atoms with Crippen LogP contribution in [0.3, 0.4) is 0 Å². The number of aromatic nitrogens is 1. The summed E-state index contributed by atoms with van der Waals surface area (Å²) in [5.41, 5.74) is 6.95. The lowest BCUT2D eigenvalue weighted by Gasteiger charge is -2.25. The Balaban J connectivity index is 2.58. The van der Waals surface area contributed by atoms with Crippen LogP contribution < -0.4 is 5.73 Å². The fraction of sp³-hybridized carbons (Fsp3) is 0.750. The summed E-state index contributed by atoms with van der Waals surface area (Å²) >= 11 is 1.66. The Kier molecular flexibility index (Phi) is 5.38. The van der Waals surface area contributed by atoms with Gasteiger partial charge in [0.1, 0.15) is 5.01 Å². The molecule has 1 aromatic rings. The van der Waals surface area contributed by atoms with Crippen LogP contribution in [0.25, 0.3) is 0 Å². The van der Waals surface area contributed by atoms with Gasteiger partial charge in [-0.3, -0.25) is 4.90 Å². The molecule has 92 valence electrons. The summed E-state index contributed by atoms with van der Waals surface area (Å²) < 4.78 is 0. The van der Waals surface area contributed by atoms with Crippen LogP contribution in [0.15, 0.2) is 5.38 Å². The molecule has 0 radical (unpaired) electrons. The number of nitrogens with two attached hydrogens (primary N) is 1. The quantitative estimate of drug-likeness (QED) is 0.832. The first-order valence-corrected chi connectivity index (χ1v) is 6.86. The minimum absolute atomic E-state index is 0.0530. The van der Waals surface area contributed by atoms with E-state index in [2.05, 4.69) is 36.2 Å². The van der Waals surface area contributed by atoms with Crippen molar-refractivity contribution in [1.29, 1.82) is 0 Å². The first kappa shape index (κ1) is 13.6. The van der Waals surface area contributed by atoms with E-state index in [9.17, 15) is 0 Å². The van der Waals surface area contributed by atoms with Gasteiger partial charge in [-0.2, -0.15) is 0 Å². The van der Waals surface area contributed by atoms with Gasteiger partial charge in [0, 0.05) is 18.0 Å². The Labute approximate surface area is 103 Å². The summed E-state index contributed by atoms with van der Waals surface area (Å²) in [5.74, 6) is 0. The lowest BCUT2D eigenvalue weighted by atomic mass is 10.1. The molecule has 0 aliphatic rings. The summed E-state index contributed by atoms with van der Waals surface area (Å²) in [6, 6.07) is 0.706. The van der Waals surface area contributed by atoms with Crippen LogP contribution in [-0.4, -0.2) is 23.0 Å². The molecule has 0 fully saturated rings. The van der Waals surface area contributed by atoms with Crippen molar-refractivity contribution in [3.8, 4) is 0 Å². The van der Waals surface area contributed by atoms with Crippen LogP contribution in [0.1, 0.15) is 50.4 Å². The average molecular weight is 241 g/mol. The highest BCUT2D eigenvalue weighted by Gasteiger charge is 2.13. The zero-order valence-electron chi connectivity index (χ0n) is 10.7. The van der Waals surface area contributed by atoms with Gasteiger partial charge in [0.15, 0.2) is 0 Å². The second-order valence-electron chi connectivity index (χ2n) is 4.35. The third-order valence-electron chi connectivity index (χ3n) is 2.94. The van der Waals surface area contributed by atoms with E-state index in [1.807, 2.05) is 6.92 Å². The lowest BCUT2D eigenvalue weighted by molar-refractivity contribution is 0.219. The number of hydrogen-bond donors (Lipinski definition) is 1. The van der Waals surface area contributed by atoms with Crippen molar-refractivity contribution in [2.45, 2.75) is 52.2 Å². The highest BCUT2D eigenvalue weighted by atomic mass is 32.1. The van der Waals surface area contributed by atoms with Gasteiger partial charge in [0.2, 0.25) is 0 Å². The van der Waals surface area contributed by atoms with E-state index >= 15 is 0 Å². The van der Waals surface area contributed by atoms with Crippen LogP contribution in [0.2, 0.25) is 0 Å². The van der Waals surface area contributed by atoms with Crippen molar-refractivity contribution in [2.75, 3.05) is 7.05 Å². The Morgan fingerprint density at radius 3 is 2.50 bits per heavy atom. The van der Waals surface area contributed by atoms with Crippen molar-refractivity contribution < 1.29 is 0 Å². The molecule has 1 rings (SSSR count). The third-order valence-corrected chi connectivity index (χ3v) is 4.03. The summed E-state index contributed by atoms with van der Waals surface area (Å²) in [6.45, 7) is 7.38. The smallest absolute Gasteiger partial charge is 0.109 e. The lowest BCUT2D eigenvalue weighted by Crippen LogP contribution is -2.30. The minimum atomic E-state index is 0.0530. The van der Waals surface area contributed by atoms with Crippen LogP contribution in [0.4, 0.5) is 0 Å². The first-order chi connectivity index (χ1) is 7.58. The van der Waals surface area contributed by atoms with E-state index in [-0.39, 0.29) is 6.04 Å². The van der Waals surface area contributed by atoms with E-state index in [4.69, 9.17) is 5.73 Å². The standard InChI is InChI=1S/C12H23N3S/c1-5-11(6-2)15(4)7-10-8-16-12(14-10)9(3)13/h8-9,11H,5-7,13H2,1-4H3. The fourth-order valence-electron chi connectivity index (χ4n) is 1.90. The Morgan fingerprint density at radius 2 is 2.06 bits per heavy atom. The van der Waals surface area contributed by atoms with Crippen LogP contribution >= 0.6 is 11.3 Å². The topological polar surface area (TPSA) is 42.1 Å². The van der Waals surface area contributed by atoms with Gasteiger partial charge in [-0.15, -0.1) is 11.3 Å². The molecule has 0 saturated carbocycles. The fourth-order valence-corrected chi connectivity index (χ4v) is 2.67. The number of rotatable bonds is 6. The Morgan fingerprint density at radius 1 is 1.44 bits per heavy atom. The SMILES string of the molecule is CCC(CC)N(C)Cc1csc(C(C)N)n1. The van der Waals surface area contributed by atoms with Crippen LogP contribution in [-0.2, 0) is 6.54 Å². The van der Waals surface area contributed by atoms with Gasteiger partial charge in [-0.1, -0.05) is 13.8 Å². The van der Waals surface area contributed by atoms with Gasteiger partial charge < -0.3 is 5.73 Å². The molecule has 16 heavy (non-hydrogen) atoms. The van der Waals surface area contributed by atoms with Crippen molar-refractivity contribution in [2.24, 2.45) is 5.73 Å². The van der Waals surface area contributed by atoms with E-state index in [1.165, 1.54) is 12.8 Å². The van der Waals surface area contributed by atoms with Gasteiger partial charge in [-0.05, 0) is 26.8 Å². The van der Waals surface area contributed by atoms with Crippen LogP contribution in [0.5, 0.6) is 0 Å². The molecule has 0 spiro atoms. The monoisotopic (exact) mass is 241 g/mol. The average Bonchev–Trinajstić information content (AvgIpc) is 2.68. The molecule has 0 bridgehead atoms. The predicted octanol–water partition coefficient (Wildman–Crippen LogP) is 2.78. The Hall–Kier alpha value is -0.450. The summed E-state index contributed by atoms with van der Waals surface area (Å²) in [6.07, 6.45) is 2.38. The molecule has 0 saturated heterocycles. The van der Waals surface area contributed by atoms with E-state index in [0.29, 0.717) is 6.04 Å². The van der Waals surface area contributed by atoms with Crippen molar-refractivity contribution in [1.82, 2.24) is 9.88 Å². The molecule has 0 amide bonds. The molecule has 0 aromatic carbocycles. The molecule has 3 nitrogen and oxygen atoms in total. The third kappa shape index (κ3) is 3.54. The van der Waals surface area contributed by atoms with E-state index in [1.54, 1.807) is 11.3 Å². The highest BCUT2D eigenvalue weighted by Crippen LogP contribution is 2.18. The van der Waals surface area contributed by atoms with Gasteiger partial charge >= 0.3 is 0 Å². The van der Waals surface area contributed by atoms with E-state index in [0.717, 1.165) is 17.2 Å². The normalized spacial score (nSPS) is 13.7. The number of thiazole rings is 1. The zero-order valence-corrected chi connectivity index (χ0v) is 11.5. The maximum Gasteiger partial charge on any atom is 0.109 e. The summed E-state index contributed by atoms with van der Waals surface area (Å²) in [5, 5.41) is 3.16. The van der Waals surface area contributed by atoms with Crippen molar-refractivity contribution in [3.05, 3.63) is 16.1 Å². The van der Waals surface area contributed by atoms with Crippen molar-refractivity contribution >= 4 is 11.3 Å². The molecular weight excluding hydrogens is 218 g/mol. The maximum atomic E-state index is 5.80. The van der Waals surface area contributed by atoms with Gasteiger partial charge in [0.25, 0.3) is 0 Å². The largest absolute Gasteiger partial charge is 0.322 e. The molecule has 2 N–H and O–H groups in total. The zero-order chi connectivity index (χ0) is 12.1. The summed E-state index contributed by atoms with van der Waals surface area (Å²) in [4.78, 5) is 6.93. The second-order valence-corrected chi connectivity index (χ2v) is 5.24. The molecule has 1 heterocycles. The highest BCUT2D eigenvalue weighted by molar-refractivity contribution is 7.09. The molecule has 0 aliphatic heterocycles. The minimum Gasteiger partial charge on any atom is -0.322 e. The first-order valence-electron chi connectivity index (χ1n) is 5.98. The molecular formula is C12H23N3S. The van der Waals surface area contributed by atoms with Gasteiger partial charge in [-0.25, -0.2) is 4.98 Å². The predicted molar refractivity (Wildman–Crippen MR) is 70.6 cm³/mol. The summed E-state index contributed by atoms with van der Waals surface area (Å²) in [7, 11) is 2.17. The second kappa shape index (κ2) is 6.33. The maximum absolute atomic E-state index is 5.80. The number of hydrogen-bond acceptors (Lipinski definition) is 4. The van der Waals surface area contributed by atoms with Crippen molar-refractivity contribution in [3.63, 3.8) is 0 Å². The molecule has 4 heteroatoms. The van der Waals surface area contributed by atoms with Gasteiger partial charge in [0.05, 0.1) is 11.7 Å². The van der Waals surface area contributed by atoms with Crippen LogP contribution in [0, 0.1) is 0 Å². The number of nitrogens with zero attached hydrogens (tertiary/aromatic N) is 2. The molecule has 0 aliphatic carbocycles. The molecule has 1 aromatic heterocycles. The van der Waals surface area contributed by atoms with E-state index < -0.39 is 0 Å². The molecule has 1 atom stereocenters. The Bertz CT molecular complexity index is 305.